The molecular formula is C14H19N5O2. The van der Waals surface area contributed by atoms with Crippen LogP contribution >= 0.6 is 0 Å². The molecule has 2 N–H and O–H groups in total. The van der Waals surface area contributed by atoms with E-state index in [1.54, 1.807) is 25.3 Å². The Kier molecular flexibility index (Phi) is 5.25. The van der Waals surface area contributed by atoms with Crippen molar-refractivity contribution in [3.63, 3.8) is 0 Å². The van der Waals surface area contributed by atoms with Crippen LogP contribution in [0.5, 0.6) is 0 Å². The summed E-state index contributed by atoms with van der Waals surface area (Å²) in [6, 6.07) is 3.55. The summed E-state index contributed by atoms with van der Waals surface area (Å²) < 4.78 is 4.86. The zero-order chi connectivity index (χ0) is 15.1. The summed E-state index contributed by atoms with van der Waals surface area (Å²) in [4.78, 5) is 20.2. The van der Waals surface area contributed by atoms with Crippen LogP contribution in [-0.4, -0.2) is 34.1 Å². The van der Waals surface area contributed by atoms with Gasteiger partial charge in [0.2, 0.25) is 5.89 Å². The lowest BCUT2D eigenvalue weighted by atomic mass is 10.2. The van der Waals surface area contributed by atoms with E-state index < -0.39 is 0 Å². The van der Waals surface area contributed by atoms with Crippen LogP contribution in [0.2, 0.25) is 0 Å². The molecular weight excluding hydrogens is 270 g/mol. The fraction of sp³-hybridized carbons (Fsp3) is 0.429. The van der Waals surface area contributed by atoms with Crippen molar-refractivity contribution in [3.8, 4) is 0 Å². The SMILES string of the molecule is CCCNc1ccc(C(=O)NCCc2noc(C)n2)cn1. The number of carbonyl (C=O) groups excluding carboxylic acids is 1. The summed E-state index contributed by atoms with van der Waals surface area (Å²) in [6.45, 7) is 5.13. The lowest BCUT2D eigenvalue weighted by molar-refractivity contribution is 0.0953. The highest BCUT2D eigenvalue weighted by Gasteiger charge is 2.07. The number of nitrogens with zero attached hydrogens (tertiary/aromatic N) is 3. The summed E-state index contributed by atoms with van der Waals surface area (Å²) in [7, 11) is 0. The van der Waals surface area contributed by atoms with Gasteiger partial charge in [0.25, 0.3) is 5.91 Å². The van der Waals surface area contributed by atoms with E-state index in [9.17, 15) is 4.79 Å². The van der Waals surface area contributed by atoms with Crippen LogP contribution in [0.1, 0.15) is 35.4 Å². The van der Waals surface area contributed by atoms with E-state index in [4.69, 9.17) is 4.52 Å². The summed E-state index contributed by atoms with van der Waals surface area (Å²) in [5, 5.41) is 9.72. The summed E-state index contributed by atoms with van der Waals surface area (Å²) >= 11 is 0. The van der Waals surface area contributed by atoms with Crippen LogP contribution in [0.4, 0.5) is 5.82 Å². The Hall–Kier alpha value is -2.44. The molecule has 21 heavy (non-hydrogen) atoms. The molecule has 0 atom stereocenters. The number of rotatable bonds is 7. The molecule has 2 aromatic heterocycles. The van der Waals surface area contributed by atoms with Crippen molar-refractivity contribution in [1.29, 1.82) is 0 Å². The van der Waals surface area contributed by atoms with Gasteiger partial charge >= 0.3 is 0 Å². The molecule has 0 fully saturated rings. The molecule has 0 aliphatic rings. The van der Waals surface area contributed by atoms with Crippen molar-refractivity contribution in [2.45, 2.75) is 26.7 Å². The number of pyridine rings is 1. The number of aromatic nitrogens is 3. The Labute approximate surface area is 123 Å². The molecule has 7 nitrogen and oxygen atoms in total. The first-order valence-electron chi connectivity index (χ1n) is 6.96. The van der Waals surface area contributed by atoms with E-state index in [2.05, 4.69) is 32.7 Å². The molecule has 0 unspecified atom stereocenters. The van der Waals surface area contributed by atoms with Crippen LogP contribution in [0.25, 0.3) is 0 Å². The highest BCUT2D eigenvalue weighted by molar-refractivity contribution is 5.94. The quantitative estimate of drug-likeness (QED) is 0.803. The summed E-state index contributed by atoms with van der Waals surface area (Å²) in [5.74, 6) is 1.72. The van der Waals surface area contributed by atoms with Crippen LogP contribution in [0, 0.1) is 6.92 Å². The third-order valence-corrected chi connectivity index (χ3v) is 2.79. The molecule has 0 aliphatic carbocycles. The van der Waals surface area contributed by atoms with E-state index in [-0.39, 0.29) is 5.91 Å². The molecule has 1 amide bonds. The molecule has 0 bridgehead atoms. The van der Waals surface area contributed by atoms with Crippen LogP contribution < -0.4 is 10.6 Å². The van der Waals surface area contributed by atoms with Crippen molar-refractivity contribution in [2.24, 2.45) is 0 Å². The highest BCUT2D eigenvalue weighted by atomic mass is 16.5. The van der Waals surface area contributed by atoms with Gasteiger partial charge in [-0.15, -0.1) is 0 Å². The van der Waals surface area contributed by atoms with Gasteiger partial charge in [0.1, 0.15) is 5.82 Å². The molecule has 2 heterocycles. The second-order valence-electron chi connectivity index (χ2n) is 4.59. The predicted octanol–water partition coefficient (Wildman–Crippen LogP) is 1.57. The first-order chi connectivity index (χ1) is 10.2. The zero-order valence-electron chi connectivity index (χ0n) is 12.2. The minimum Gasteiger partial charge on any atom is -0.370 e. The smallest absolute Gasteiger partial charge is 0.252 e. The minimum absolute atomic E-state index is 0.162. The lowest BCUT2D eigenvalue weighted by Crippen LogP contribution is -2.26. The number of nitrogens with one attached hydrogen (secondary N) is 2. The van der Waals surface area contributed by atoms with Gasteiger partial charge in [-0.25, -0.2) is 4.98 Å². The molecule has 0 spiro atoms. The van der Waals surface area contributed by atoms with Gasteiger partial charge in [0, 0.05) is 32.6 Å². The normalized spacial score (nSPS) is 10.4. The Balaban J connectivity index is 1.79. The summed E-state index contributed by atoms with van der Waals surface area (Å²) in [6.07, 6.45) is 3.12. The Bertz CT molecular complexity index is 579. The fourth-order valence-corrected chi connectivity index (χ4v) is 1.72. The van der Waals surface area contributed by atoms with Crippen LogP contribution in [0.3, 0.4) is 0 Å². The second-order valence-corrected chi connectivity index (χ2v) is 4.59. The second kappa shape index (κ2) is 7.37. The number of carbonyl (C=O) groups is 1. The number of hydrogen-bond donors (Lipinski definition) is 2. The molecule has 0 radical (unpaired) electrons. The van der Waals surface area contributed by atoms with Gasteiger partial charge in [-0.3, -0.25) is 4.79 Å². The van der Waals surface area contributed by atoms with E-state index >= 15 is 0 Å². The van der Waals surface area contributed by atoms with Gasteiger partial charge in [0.15, 0.2) is 5.82 Å². The maximum Gasteiger partial charge on any atom is 0.252 e. The monoisotopic (exact) mass is 289 g/mol. The van der Waals surface area contributed by atoms with Gasteiger partial charge in [0.05, 0.1) is 5.56 Å². The number of amides is 1. The number of anilines is 1. The third kappa shape index (κ3) is 4.55. The third-order valence-electron chi connectivity index (χ3n) is 2.79. The van der Waals surface area contributed by atoms with Gasteiger partial charge in [-0.05, 0) is 18.6 Å². The van der Waals surface area contributed by atoms with Crippen molar-refractivity contribution >= 4 is 11.7 Å². The molecule has 112 valence electrons. The zero-order valence-corrected chi connectivity index (χ0v) is 12.2. The van der Waals surface area contributed by atoms with Crippen LogP contribution in [0.15, 0.2) is 22.9 Å². The van der Waals surface area contributed by atoms with E-state index in [1.165, 1.54) is 0 Å². The molecule has 2 aromatic rings. The Morgan fingerprint density at radius 3 is 2.81 bits per heavy atom. The Morgan fingerprint density at radius 2 is 2.19 bits per heavy atom. The maximum absolute atomic E-state index is 11.9. The number of aryl methyl sites for hydroxylation is 1. The average molecular weight is 289 g/mol. The molecule has 2 rings (SSSR count). The highest BCUT2D eigenvalue weighted by Crippen LogP contribution is 2.05. The molecule has 0 aromatic carbocycles. The van der Waals surface area contributed by atoms with Crippen molar-refractivity contribution < 1.29 is 9.32 Å². The largest absolute Gasteiger partial charge is 0.370 e. The van der Waals surface area contributed by atoms with E-state index in [0.29, 0.717) is 30.2 Å². The first kappa shape index (κ1) is 15.0. The van der Waals surface area contributed by atoms with Gasteiger partial charge in [-0.1, -0.05) is 12.1 Å². The molecule has 0 saturated carbocycles. The first-order valence-corrected chi connectivity index (χ1v) is 6.96. The van der Waals surface area contributed by atoms with Crippen LogP contribution in [-0.2, 0) is 6.42 Å². The van der Waals surface area contributed by atoms with Gasteiger partial charge in [-0.2, -0.15) is 4.98 Å². The molecule has 7 heteroatoms. The minimum atomic E-state index is -0.162. The fourth-order valence-electron chi connectivity index (χ4n) is 1.72. The summed E-state index contributed by atoms with van der Waals surface area (Å²) in [5.41, 5.74) is 0.529. The van der Waals surface area contributed by atoms with Crippen molar-refractivity contribution in [3.05, 3.63) is 35.6 Å². The predicted molar refractivity (Wildman–Crippen MR) is 78.1 cm³/mol. The van der Waals surface area contributed by atoms with Crippen molar-refractivity contribution in [1.82, 2.24) is 20.4 Å². The molecule has 0 saturated heterocycles. The number of hydrogen-bond acceptors (Lipinski definition) is 6. The van der Waals surface area contributed by atoms with Gasteiger partial charge < -0.3 is 15.2 Å². The maximum atomic E-state index is 11.9. The molecule has 0 aliphatic heterocycles. The Morgan fingerprint density at radius 1 is 1.33 bits per heavy atom. The van der Waals surface area contributed by atoms with E-state index in [1.807, 2.05) is 0 Å². The standard InChI is InChI=1S/C14H19N5O2/c1-3-7-15-12-5-4-11(9-17-12)14(20)16-8-6-13-18-10(2)21-19-13/h4-5,9H,3,6-8H2,1-2H3,(H,15,17)(H,16,20). The van der Waals surface area contributed by atoms with E-state index in [0.717, 1.165) is 18.8 Å². The topological polar surface area (TPSA) is 92.9 Å². The lowest BCUT2D eigenvalue weighted by Gasteiger charge is -2.06. The van der Waals surface area contributed by atoms with Crippen molar-refractivity contribution in [2.75, 3.05) is 18.4 Å². The average Bonchev–Trinajstić information content (AvgIpc) is 2.91.